The van der Waals surface area contributed by atoms with Crippen molar-refractivity contribution in [3.63, 3.8) is 0 Å². The summed E-state index contributed by atoms with van der Waals surface area (Å²) >= 11 is 3.05. The molecule has 0 radical (unpaired) electrons. The topological polar surface area (TPSA) is 70.7 Å². The van der Waals surface area contributed by atoms with Crippen LogP contribution >= 0.6 is 23.1 Å². The van der Waals surface area contributed by atoms with E-state index in [1.165, 1.54) is 16.6 Å². The van der Waals surface area contributed by atoms with Crippen LogP contribution in [-0.4, -0.2) is 33.4 Å². The fourth-order valence-electron chi connectivity index (χ4n) is 1.45. The van der Waals surface area contributed by atoms with Crippen LogP contribution in [0.2, 0.25) is 0 Å². The fourth-order valence-corrected chi connectivity index (χ4v) is 2.80. The first-order chi connectivity index (χ1) is 9.28. The third kappa shape index (κ3) is 4.68. The summed E-state index contributed by atoms with van der Waals surface area (Å²) in [6.07, 6.45) is 1.70. The molecule has 0 aliphatic heterocycles. The predicted molar refractivity (Wildman–Crippen MR) is 77.5 cm³/mol. The van der Waals surface area contributed by atoms with E-state index in [9.17, 15) is 4.79 Å². The van der Waals surface area contributed by atoms with E-state index in [1.807, 2.05) is 18.4 Å². The second-order valence-electron chi connectivity index (χ2n) is 3.96. The second-order valence-corrected chi connectivity index (χ2v) is 5.93. The normalized spacial score (nSPS) is 10.6. The first-order valence-corrected chi connectivity index (χ1v) is 7.97. The van der Waals surface area contributed by atoms with Gasteiger partial charge in [0.2, 0.25) is 11.1 Å². The molecular formula is C12H16N4OS2. The van der Waals surface area contributed by atoms with Gasteiger partial charge in [0, 0.05) is 17.8 Å². The quantitative estimate of drug-likeness (QED) is 0.767. The highest BCUT2D eigenvalue weighted by Crippen LogP contribution is 2.15. The Labute approximate surface area is 120 Å². The van der Waals surface area contributed by atoms with Crippen molar-refractivity contribution in [1.29, 1.82) is 0 Å². The third-order valence-electron chi connectivity index (χ3n) is 2.34. The largest absolute Gasteiger partial charge is 0.355 e. The number of hydrogen-bond donors (Lipinski definition) is 2. The molecule has 2 N–H and O–H groups in total. The van der Waals surface area contributed by atoms with Gasteiger partial charge in [-0.1, -0.05) is 24.8 Å². The lowest BCUT2D eigenvalue weighted by atomic mass is 10.3. The summed E-state index contributed by atoms with van der Waals surface area (Å²) in [5, 5.41) is 12.5. The van der Waals surface area contributed by atoms with Crippen LogP contribution in [0.1, 0.15) is 24.0 Å². The summed E-state index contributed by atoms with van der Waals surface area (Å²) in [5.74, 6) is 1.21. The smallest absolute Gasteiger partial charge is 0.230 e. The number of H-pyrrole nitrogens is 1. The SMILES string of the molecule is CCCNC(=O)CSc1n[nH]c(Cc2cccs2)n1. The molecule has 0 aromatic carbocycles. The first-order valence-electron chi connectivity index (χ1n) is 6.11. The van der Waals surface area contributed by atoms with Crippen molar-refractivity contribution < 1.29 is 4.79 Å². The van der Waals surface area contributed by atoms with Crippen LogP contribution in [0.15, 0.2) is 22.7 Å². The van der Waals surface area contributed by atoms with Gasteiger partial charge in [0.1, 0.15) is 5.82 Å². The molecule has 0 fully saturated rings. The Morgan fingerprint density at radius 1 is 1.58 bits per heavy atom. The zero-order valence-electron chi connectivity index (χ0n) is 10.7. The van der Waals surface area contributed by atoms with E-state index in [0.29, 0.717) is 10.9 Å². The number of nitrogens with one attached hydrogen (secondary N) is 2. The standard InChI is InChI=1S/C12H16N4OS2/c1-2-5-13-11(17)8-19-12-14-10(15-16-12)7-9-4-3-6-18-9/h3-4,6H,2,5,7-8H2,1H3,(H,13,17)(H,14,15,16). The Hall–Kier alpha value is -1.34. The van der Waals surface area contributed by atoms with Crippen molar-refractivity contribution >= 4 is 29.0 Å². The van der Waals surface area contributed by atoms with Gasteiger partial charge < -0.3 is 5.32 Å². The highest BCUT2D eigenvalue weighted by molar-refractivity contribution is 7.99. The lowest BCUT2D eigenvalue weighted by molar-refractivity contribution is -0.118. The summed E-state index contributed by atoms with van der Waals surface area (Å²) in [6.45, 7) is 2.75. The number of rotatable bonds is 7. The van der Waals surface area contributed by atoms with Gasteiger partial charge in [-0.2, -0.15) is 0 Å². The Morgan fingerprint density at radius 2 is 2.47 bits per heavy atom. The first kappa shape index (κ1) is 14.1. The second kappa shape index (κ2) is 7.30. The van der Waals surface area contributed by atoms with Gasteiger partial charge >= 0.3 is 0 Å². The number of thioether (sulfide) groups is 1. The average Bonchev–Trinajstić information content (AvgIpc) is 3.06. The van der Waals surface area contributed by atoms with Crippen LogP contribution in [0.25, 0.3) is 0 Å². The van der Waals surface area contributed by atoms with E-state index in [-0.39, 0.29) is 5.91 Å². The molecule has 7 heteroatoms. The van der Waals surface area contributed by atoms with Crippen molar-refractivity contribution in [2.75, 3.05) is 12.3 Å². The molecule has 0 unspecified atom stereocenters. The molecule has 2 heterocycles. The number of aromatic amines is 1. The van der Waals surface area contributed by atoms with Gasteiger partial charge in [0.15, 0.2) is 0 Å². The molecule has 1 amide bonds. The van der Waals surface area contributed by atoms with E-state index in [2.05, 4.69) is 26.6 Å². The van der Waals surface area contributed by atoms with Crippen LogP contribution in [0, 0.1) is 0 Å². The minimum atomic E-state index is 0.0245. The Balaban J connectivity index is 1.79. The van der Waals surface area contributed by atoms with E-state index < -0.39 is 0 Å². The maximum atomic E-state index is 11.4. The van der Waals surface area contributed by atoms with Crippen LogP contribution < -0.4 is 5.32 Å². The van der Waals surface area contributed by atoms with Crippen LogP contribution in [0.5, 0.6) is 0 Å². The summed E-state index contributed by atoms with van der Waals surface area (Å²) in [7, 11) is 0. The maximum absolute atomic E-state index is 11.4. The van der Waals surface area contributed by atoms with Gasteiger partial charge in [-0.15, -0.1) is 16.4 Å². The van der Waals surface area contributed by atoms with E-state index in [4.69, 9.17) is 0 Å². The van der Waals surface area contributed by atoms with Crippen molar-refractivity contribution in [2.24, 2.45) is 0 Å². The average molecular weight is 296 g/mol. The number of carbonyl (C=O) groups excluding carboxylic acids is 1. The maximum Gasteiger partial charge on any atom is 0.230 e. The molecule has 0 bridgehead atoms. The fraction of sp³-hybridized carbons (Fsp3) is 0.417. The lowest BCUT2D eigenvalue weighted by Gasteiger charge is -2.00. The minimum Gasteiger partial charge on any atom is -0.355 e. The summed E-state index contributed by atoms with van der Waals surface area (Å²) in [6, 6.07) is 4.09. The molecule has 5 nitrogen and oxygen atoms in total. The van der Waals surface area contributed by atoms with Gasteiger partial charge in [-0.3, -0.25) is 9.89 Å². The number of aromatic nitrogens is 3. The summed E-state index contributed by atoms with van der Waals surface area (Å²) in [4.78, 5) is 17.0. The monoisotopic (exact) mass is 296 g/mol. The number of carbonyl (C=O) groups is 1. The van der Waals surface area contributed by atoms with E-state index in [1.54, 1.807) is 11.3 Å². The van der Waals surface area contributed by atoms with E-state index >= 15 is 0 Å². The molecule has 2 aromatic heterocycles. The molecule has 0 saturated heterocycles. The Bertz CT molecular complexity index is 510. The van der Waals surface area contributed by atoms with Crippen LogP contribution in [-0.2, 0) is 11.2 Å². The van der Waals surface area contributed by atoms with E-state index in [0.717, 1.165) is 25.2 Å². The zero-order valence-corrected chi connectivity index (χ0v) is 12.3. The summed E-state index contributed by atoms with van der Waals surface area (Å²) in [5.41, 5.74) is 0. The molecule has 19 heavy (non-hydrogen) atoms. The van der Waals surface area contributed by atoms with Crippen molar-refractivity contribution in [3.8, 4) is 0 Å². The molecule has 0 atom stereocenters. The predicted octanol–water partition coefficient (Wildman–Crippen LogP) is 2.08. The number of nitrogens with zero attached hydrogens (tertiary/aromatic N) is 2. The highest BCUT2D eigenvalue weighted by Gasteiger charge is 2.08. The van der Waals surface area contributed by atoms with Crippen LogP contribution in [0.4, 0.5) is 0 Å². The minimum absolute atomic E-state index is 0.0245. The molecule has 0 spiro atoms. The van der Waals surface area contributed by atoms with Gasteiger partial charge in [-0.25, -0.2) is 4.98 Å². The van der Waals surface area contributed by atoms with Crippen molar-refractivity contribution in [1.82, 2.24) is 20.5 Å². The third-order valence-corrected chi connectivity index (χ3v) is 4.06. The Kier molecular flexibility index (Phi) is 5.41. The number of thiophene rings is 1. The summed E-state index contributed by atoms with van der Waals surface area (Å²) < 4.78 is 0. The molecule has 0 aliphatic rings. The van der Waals surface area contributed by atoms with Crippen molar-refractivity contribution in [3.05, 3.63) is 28.2 Å². The van der Waals surface area contributed by atoms with Crippen molar-refractivity contribution in [2.45, 2.75) is 24.9 Å². The number of amides is 1. The molecule has 0 aliphatic carbocycles. The lowest BCUT2D eigenvalue weighted by Crippen LogP contribution is -2.25. The molecule has 0 saturated carbocycles. The van der Waals surface area contributed by atoms with Gasteiger partial charge in [0.05, 0.1) is 5.75 Å². The molecule has 2 aromatic rings. The van der Waals surface area contributed by atoms with Crippen LogP contribution in [0.3, 0.4) is 0 Å². The highest BCUT2D eigenvalue weighted by atomic mass is 32.2. The molecular weight excluding hydrogens is 280 g/mol. The van der Waals surface area contributed by atoms with Gasteiger partial charge in [0.25, 0.3) is 0 Å². The molecule has 102 valence electrons. The Morgan fingerprint density at radius 3 is 3.21 bits per heavy atom. The van der Waals surface area contributed by atoms with Gasteiger partial charge in [-0.05, 0) is 17.9 Å². The molecule has 2 rings (SSSR count). The zero-order chi connectivity index (χ0) is 13.5. The number of hydrogen-bond acceptors (Lipinski definition) is 5.